The third-order valence-electron chi connectivity index (χ3n) is 3.49. The Bertz CT molecular complexity index is 326. The van der Waals surface area contributed by atoms with Gasteiger partial charge < -0.3 is 10.2 Å². The van der Waals surface area contributed by atoms with Crippen molar-refractivity contribution in [3.05, 3.63) is 0 Å². The maximum Gasteiger partial charge on any atom is 0.154 e. The highest BCUT2D eigenvalue weighted by Crippen LogP contribution is 2.22. The lowest BCUT2D eigenvalue weighted by Gasteiger charge is -2.36. The molecular formula is C11H23NO4S. The molecule has 5 nitrogen and oxygen atoms in total. The van der Waals surface area contributed by atoms with Gasteiger partial charge in [-0.05, 0) is 12.8 Å². The van der Waals surface area contributed by atoms with Crippen molar-refractivity contribution in [2.24, 2.45) is 0 Å². The molecule has 2 N–H and O–H groups in total. The van der Waals surface area contributed by atoms with Crippen LogP contribution in [0.3, 0.4) is 0 Å². The summed E-state index contributed by atoms with van der Waals surface area (Å²) in [5, 5.41) is 18.9. The molecule has 1 saturated heterocycles. The molecule has 17 heavy (non-hydrogen) atoms. The van der Waals surface area contributed by atoms with Crippen molar-refractivity contribution in [1.82, 2.24) is 4.90 Å². The molecule has 2 unspecified atom stereocenters. The van der Waals surface area contributed by atoms with E-state index in [-0.39, 0.29) is 30.2 Å². The topological polar surface area (TPSA) is 77.8 Å². The Labute approximate surface area is 103 Å². The average molecular weight is 265 g/mol. The molecule has 2 atom stereocenters. The quantitative estimate of drug-likeness (QED) is 0.685. The molecule has 1 aliphatic heterocycles. The minimum atomic E-state index is -3.13. The van der Waals surface area contributed by atoms with E-state index in [4.69, 9.17) is 5.11 Å². The predicted molar refractivity (Wildman–Crippen MR) is 66.6 cm³/mol. The van der Waals surface area contributed by atoms with Crippen molar-refractivity contribution in [3.8, 4) is 0 Å². The van der Waals surface area contributed by atoms with Gasteiger partial charge in [0.2, 0.25) is 0 Å². The molecule has 6 heteroatoms. The summed E-state index contributed by atoms with van der Waals surface area (Å²) in [6.45, 7) is 4.48. The predicted octanol–water partition coefficient (Wildman–Crippen LogP) is -0.373. The molecule has 0 aromatic heterocycles. The summed E-state index contributed by atoms with van der Waals surface area (Å²) in [6.07, 6.45) is 0.951. The zero-order valence-electron chi connectivity index (χ0n) is 10.5. The van der Waals surface area contributed by atoms with Gasteiger partial charge >= 0.3 is 0 Å². The molecular weight excluding hydrogens is 242 g/mol. The standard InChI is InChI=1S/C11H23NO4S/c1-3-9(4-2)12(5-6-13)10-7-17(15,16)8-11(10)14/h9-11,13-14H,3-8H2,1-2H3. The van der Waals surface area contributed by atoms with Gasteiger partial charge in [-0.15, -0.1) is 0 Å². The fraction of sp³-hybridized carbons (Fsp3) is 1.00. The van der Waals surface area contributed by atoms with Gasteiger partial charge in [0, 0.05) is 12.6 Å². The Morgan fingerprint density at radius 2 is 1.88 bits per heavy atom. The first kappa shape index (κ1) is 14.9. The summed E-state index contributed by atoms with van der Waals surface area (Å²) < 4.78 is 23.0. The molecule has 0 aliphatic carbocycles. The molecule has 0 saturated carbocycles. The number of hydrogen-bond donors (Lipinski definition) is 2. The van der Waals surface area contributed by atoms with Gasteiger partial charge in [-0.25, -0.2) is 8.42 Å². The van der Waals surface area contributed by atoms with E-state index in [1.807, 2.05) is 18.7 Å². The van der Waals surface area contributed by atoms with Gasteiger partial charge in [0.25, 0.3) is 0 Å². The van der Waals surface area contributed by atoms with E-state index in [0.29, 0.717) is 6.54 Å². The van der Waals surface area contributed by atoms with Crippen LogP contribution in [-0.2, 0) is 9.84 Å². The minimum absolute atomic E-state index is 0.00463. The molecule has 1 aliphatic rings. The summed E-state index contributed by atoms with van der Waals surface area (Å²) in [5.41, 5.74) is 0. The van der Waals surface area contributed by atoms with Crippen LogP contribution in [0.4, 0.5) is 0 Å². The van der Waals surface area contributed by atoms with E-state index in [1.165, 1.54) is 0 Å². The summed E-state index contributed by atoms with van der Waals surface area (Å²) in [4.78, 5) is 1.95. The third kappa shape index (κ3) is 3.64. The Hall–Kier alpha value is -0.170. The van der Waals surface area contributed by atoms with Gasteiger partial charge in [-0.2, -0.15) is 0 Å². The molecule has 1 fully saturated rings. The summed E-state index contributed by atoms with van der Waals surface area (Å²) in [5.74, 6) is -0.148. The van der Waals surface area contributed by atoms with Gasteiger partial charge in [0.15, 0.2) is 9.84 Å². The van der Waals surface area contributed by atoms with Crippen LogP contribution in [0.15, 0.2) is 0 Å². The number of sulfone groups is 1. The zero-order valence-corrected chi connectivity index (χ0v) is 11.4. The summed E-state index contributed by atoms with van der Waals surface area (Å²) in [7, 11) is -3.13. The SMILES string of the molecule is CCC(CC)N(CCO)C1CS(=O)(=O)CC1O. The van der Waals surface area contributed by atoms with E-state index < -0.39 is 15.9 Å². The minimum Gasteiger partial charge on any atom is -0.395 e. The molecule has 102 valence electrons. The summed E-state index contributed by atoms with van der Waals surface area (Å²) >= 11 is 0. The van der Waals surface area contributed by atoms with Crippen LogP contribution < -0.4 is 0 Å². The molecule has 0 spiro atoms. The molecule has 0 aromatic carbocycles. The first-order chi connectivity index (χ1) is 7.95. The van der Waals surface area contributed by atoms with Crippen LogP contribution in [0.1, 0.15) is 26.7 Å². The van der Waals surface area contributed by atoms with E-state index in [2.05, 4.69) is 0 Å². The molecule has 1 rings (SSSR count). The fourth-order valence-corrected chi connectivity index (χ4v) is 4.43. The van der Waals surface area contributed by atoms with Crippen molar-refractivity contribution in [2.75, 3.05) is 24.7 Å². The lowest BCUT2D eigenvalue weighted by molar-refractivity contribution is 0.0386. The number of hydrogen-bond acceptors (Lipinski definition) is 5. The normalized spacial score (nSPS) is 28.1. The van der Waals surface area contributed by atoms with Crippen molar-refractivity contribution >= 4 is 9.84 Å². The zero-order chi connectivity index (χ0) is 13.1. The Morgan fingerprint density at radius 1 is 1.29 bits per heavy atom. The first-order valence-electron chi connectivity index (χ1n) is 6.20. The number of aliphatic hydroxyl groups is 2. The van der Waals surface area contributed by atoms with Crippen LogP contribution in [0.5, 0.6) is 0 Å². The molecule has 0 bridgehead atoms. The lowest BCUT2D eigenvalue weighted by atomic mass is 10.1. The van der Waals surface area contributed by atoms with E-state index >= 15 is 0 Å². The van der Waals surface area contributed by atoms with E-state index in [1.54, 1.807) is 0 Å². The Balaban J connectivity index is 2.84. The van der Waals surface area contributed by atoms with Crippen LogP contribution in [-0.4, -0.2) is 66.4 Å². The van der Waals surface area contributed by atoms with Gasteiger partial charge in [0.05, 0.1) is 30.3 Å². The van der Waals surface area contributed by atoms with E-state index in [9.17, 15) is 13.5 Å². The highest BCUT2D eigenvalue weighted by molar-refractivity contribution is 7.91. The summed E-state index contributed by atoms with van der Waals surface area (Å²) in [6, 6.07) is -0.146. The van der Waals surface area contributed by atoms with Crippen molar-refractivity contribution in [1.29, 1.82) is 0 Å². The van der Waals surface area contributed by atoms with Crippen LogP contribution in [0, 0.1) is 0 Å². The second-order valence-corrected chi connectivity index (χ2v) is 6.80. The number of aliphatic hydroxyl groups excluding tert-OH is 2. The average Bonchev–Trinajstić information content (AvgIpc) is 2.52. The molecule has 1 heterocycles. The van der Waals surface area contributed by atoms with E-state index in [0.717, 1.165) is 12.8 Å². The van der Waals surface area contributed by atoms with Crippen molar-refractivity contribution < 1.29 is 18.6 Å². The van der Waals surface area contributed by atoms with Crippen molar-refractivity contribution in [2.45, 2.75) is 44.9 Å². The Morgan fingerprint density at radius 3 is 2.24 bits per heavy atom. The van der Waals surface area contributed by atoms with Crippen LogP contribution in [0.25, 0.3) is 0 Å². The maximum absolute atomic E-state index is 11.5. The number of nitrogens with zero attached hydrogens (tertiary/aromatic N) is 1. The molecule has 0 amide bonds. The van der Waals surface area contributed by atoms with Gasteiger partial charge in [-0.1, -0.05) is 13.8 Å². The van der Waals surface area contributed by atoms with Gasteiger partial charge in [-0.3, -0.25) is 4.90 Å². The maximum atomic E-state index is 11.5. The Kier molecular flexibility index (Phi) is 5.37. The largest absolute Gasteiger partial charge is 0.395 e. The lowest BCUT2D eigenvalue weighted by Crippen LogP contribution is -2.49. The van der Waals surface area contributed by atoms with Crippen LogP contribution >= 0.6 is 0 Å². The fourth-order valence-electron chi connectivity index (χ4n) is 2.62. The third-order valence-corrected chi connectivity index (χ3v) is 5.19. The molecule has 0 aromatic rings. The first-order valence-corrected chi connectivity index (χ1v) is 8.02. The highest BCUT2D eigenvalue weighted by Gasteiger charge is 2.41. The van der Waals surface area contributed by atoms with Crippen LogP contribution in [0.2, 0.25) is 0 Å². The van der Waals surface area contributed by atoms with Gasteiger partial charge in [0.1, 0.15) is 0 Å². The highest BCUT2D eigenvalue weighted by atomic mass is 32.2. The second-order valence-electron chi connectivity index (χ2n) is 4.64. The van der Waals surface area contributed by atoms with Crippen molar-refractivity contribution in [3.63, 3.8) is 0 Å². The molecule has 0 radical (unpaired) electrons. The smallest absolute Gasteiger partial charge is 0.154 e. The number of rotatable bonds is 6. The monoisotopic (exact) mass is 265 g/mol. The second kappa shape index (κ2) is 6.13.